The Morgan fingerprint density at radius 3 is 2.89 bits per heavy atom. The third-order valence-corrected chi connectivity index (χ3v) is 5.91. The zero-order valence-electron chi connectivity index (χ0n) is 16.4. The Morgan fingerprint density at radius 1 is 1.32 bits per heavy atom. The summed E-state index contributed by atoms with van der Waals surface area (Å²) in [5.41, 5.74) is 4.69. The molecule has 0 saturated heterocycles. The fourth-order valence-electron chi connectivity index (χ4n) is 3.80. The Bertz CT molecular complexity index is 1160. The van der Waals surface area contributed by atoms with Crippen molar-refractivity contribution < 1.29 is 9.53 Å². The molecule has 1 atom stereocenters. The van der Waals surface area contributed by atoms with E-state index in [9.17, 15) is 4.79 Å². The molecule has 4 aromatic rings. The van der Waals surface area contributed by atoms with Crippen molar-refractivity contribution in [1.82, 2.24) is 24.1 Å². The number of H-pyrrole nitrogens is 1. The summed E-state index contributed by atoms with van der Waals surface area (Å²) < 4.78 is 9.39. The number of para-hydroxylation sites is 2. The molecule has 0 fully saturated rings. The van der Waals surface area contributed by atoms with Crippen LogP contribution in [0.3, 0.4) is 0 Å². The lowest BCUT2D eigenvalue weighted by atomic mass is 10.2. The number of aryl methyl sites for hydroxylation is 1. The van der Waals surface area contributed by atoms with Crippen molar-refractivity contribution >= 4 is 34.4 Å². The molecule has 1 aromatic carbocycles. The first-order chi connectivity index (χ1) is 13.5. The van der Waals surface area contributed by atoms with Crippen molar-refractivity contribution in [1.29, 1.82) is 0 Å². The van der Waals surface area contributed by atoms with E-state index in [0.717, 1.165) is 33.1 Å². The lowest BCUT2D eigenvalue weighted by Gasteiger charge is -2.17. The highest BCUT2D eigenvalue weighted by atomic mass is 32.2. The number of aromatic amines is 1. The van der Waals surface area contributed by atoms with E-state index in [0.29, 0.717) is 18.1 Å². The number of ketones is 1. The van der Waals surface area contributed by atoms with Gasteiger partial charge in [-0.25, -0.2) is 10.1 Å². The number of rotatable bonds is 7. The van der Waals surface area contributed by atoms with Gasteiger partial charge in [0.1, 0.15) is 0 Å². The molecule has 8 heteroatoms. The minimum absolute atomic E-state index is 0.0922. The van der Waals surface area contributed by atoms with Gasteiger partial charge in [0, 0.05) is 24.1 Å². The normalized spacial score (nSPS) is 12.9. The molecule has 1 N–H and O–H groups in total. The van der Waals surface area contributed by atoms with Gasteiger partial charge in [-0.15, -0.1) is 5.10 Å². The molecule has 1 unspecified atom stereocenters. The van der Waals surface area contributed by atoms with E-state index in [1.807, 2.05) is 48.6 Å². The number of thioether (sulfide) groups is 1. The van der Waals surface area contributed by atoms with Gasteiger partial charge < -0.3 is 9.30 Å². The second-order valence-corrected chi connectivity index (χ2v) is 7.88. The number of fused-ring (bicyclic) bond motifs is 3. The van der Waals surface area contributed by atoms with Crippen LogP contribution in [0.5, 0.6) is 0 Å². The Balaban J connectivity index is 1.57. The van der Waals surface area contributed by atoms with Crippen molar-refractivity contribution in [2.24, 2.45) is 0 Å². The Labute approximate surface area is 167 Å². The predicted molar refractivity (Wildman–Crippen MR) is 110 cm³/mol. The molecule has 3 heterocycles. The standard InChI is InChI=1S/C20H23N5O2S/c1-12-9-15(14(3)24(12)13(2)10-27-4)18(26)11-28-20-23-22-19-21-16-7-5-6-8-17(16)25(19)20/h5-9,13H,10-11H2,1-4H3,(H,21,22). The number of Topliss-reactive ketones (excluding diaryl/α,β-unsaturated/α-hetero) is 1. The quantitative estimate of drug-likeness (QED) is 0.379. The zero-order valence-corrected chi connectivity index (χ0v) is 17.2. The summed E-state index contributed by atoms with van der Waals surface area (Å²) in [6, 6.07) is 10.0. The van der Waals surface area contributed by atoms with Crippen LogP contribution in [0.25, 0.3) is 16.8 Å². The van der Waals surface area contributed by atoms with Gasteiger partial charge in [0.2, 0.25) is 5.78 Å². The van der Waals surface area contributed by atoms with Crippen molar-refractivity contribution in [2.75, 3.05) is 19.5 Å². The first-order valence-electron chi connectivity index (χ1n) is 9.16. The predicted octanol–water partition coefficient (Wildman–Crippen LogP) is 3.81. The Hall–Kier alpha value is -2.58. The molecule has 0 aliphatic carbocycles. The second kappa shape index (κ2) is 7.44. The van der Waals surface area contributed by atoms with E-state index in [1.54, 1.807) is 7.11 Å². The number of aromatic nitrogens is 5. The van der Waals surface area contributed by atoms with Crippen LogP contribution in [0.4, 0.5) is 0 Å². The molecular weight excluding hydrogens is 374 g/mol. The van der Waals surface area contributed by atoms with E-state index < -0.39 is 0 Å². The summed E-state index contributed by atoms with van der Waals surface area (Å²) >= 11 is 1.42. The van der Waals surface area contributed by atoms with Crippen molar-refractivity contribution in [3.63, 3.8) is 0 Å². The van der Waals surface area contributed by atoms with Gasteiger partial charge >= 0.3 is 0 Å². The van der Waals surface area contributed by atoms with Crippen LogP contribution in [0, 0.1) is 13.8 Å². The number of benzene rings is 1. The van der Waals surface area contributed by atoms with Gasteiger partial charge in [-0.2, -0.15) is 0 Å². The summed E-state index contributed by atoms with van der Waals surface area (Å²) in [6.07, 6.45) is 0. The molecule has 0 saturated carbocycles. The van der Waals surface area contributed by atoms with Crippen LogP contribution in [0.2, 0.25) is 0 Å². The number of hydrogen-bond acceptors (Lipinski definition) is 5. The van der Waals surface area contributed by atoms with Gasteiger partial charge in [-0.05, 0) is 39.0 Å². The average molecular weight is 398 g/mol. The number of imidazole rings is 1. The molecule has 0 spiro atoms. The number of carbonyl (C=O) groups is 1. The maximum absolute atomic E-state index is 12.9. The van der Waals surface area contributed by atoms with Crippen LogP contribution >= 0.6 is 11.8 Å². The zero-order chi connectivity index (χ0) is 19.8. The van der Waals surface area contributed by atoms with Gasteiger partial charge in [0.15, 0.2) is 10.9 Å². The van der Waals surface area contributed by atoms with Gasteiger partial charge in [-0.1, -0.05) is 23.9 Å². The number of hydrogen-bond donors (Lipinski definition) is 1. The summed E-state index contributed by atoms with van der Waals surface area (Å²) in [6.45, 7) is 6.72. The van der Waals surface area contributed by atoms with Crippen molar-refractivity contribution in [3.05, 3.63) is 47.3 Å². The molecule has 4 rings (SSSR count). The average Bonchev–Trinajstić information content (AvgIpc) is 3.32. The van der Waals surface area contributed by atoms with E-state index in [-0.39, 0.29) is 11.8 Å². The first kappa shape index (κ1) is 18.8. The number of methoxy groups -OCH3 is 1. The van der Waals surface area contributed by atoms with E-state index in [4.69, 9.17) is 4.74 Å². The Kier molecular flexibility index (Phi) is 4.99. The minimum Gasteiger partial charge on any atom is -0.383 e. The second-order valence-electron chi connectivity index (χ2n) is 6.94. The number of carbonyl (C=O) groups excluding carboxylic acids is 1. The largest absolute Gasteiger partial charge is 0.383 e. The number of nitrogens with one attached hydrogen (secondary N) is 1. The highest BCUT2D eigenvalue weighted by molar-refractivity contribution is 7.99. The maximum atomic E-state index is 12.9. The van der Waals surface area contributed by atoms with Crippen LogP contribution in [-0.4, -0.2) is 49.4 Å². The van der Waals surface area contributed by atoms with E-state index >= 15 is 0 Å². The number of ether oxygens (including phenoxy) is 1. The highest BCUT2D eigenvalue weighted by Gasteiger charge is 2.20. The van der Waals surface area contributed by atoms with E-state index in [1.165, 1.54) is 11.8 Å². The molecule has 146 valence electrons. The minimum atomic E-state index is 0.0922. The van der Waals surface area contributed by atoms with E-state index in [2.05, 4.69) is 26.7 Å². The third-order valence-electron chi connectivity index (χ3n) is 4.97. The molecule has 0 radical (unpaired) electrons. The van der Waals surface area contributed by atoms with Crippen molar-refractivity contribution in [3.8, 4) is 0 Å². The van der Waals surface area contributed by atoms with Crippen LogP contribution in [0.15, 0.2) is 35.5 Å². The monoisotopic (exact) mass is 397 g/mol. The molecule has 0 aliphatic heterocycles. The molecule has 7 nitrogen and oxygen atoms in total. The lowest BCUT2D eigenvalue weighted by Crippen LogP contribution is -2.14. The SMILES string of the molecule is COCC(C)n1c(C)cc(C(=O)CSc2n[nH]c3nc4ccccc4n23)c1C. The van der Waals surface area contributed by atoms with Crippen LogP contribution in [0.1, 0.15) is 34.7 Å². The van der Waals surface area contributed by atoms with Gasteiger partial charge in [0.05, 0.1) is 29.4 Å². The summed E-state index contributed by atoms with van der Waals surface area (Å²) in [5.74, 6) is 1.09. The maximum Gasteiger partial charge on any atom is 0.231 e. The fraction of sp³-hybridized carbons (Fsp3) is 0.350. The molecule has 0 bridgehead atoms. The fourth-order valence-corrected chi connectivity index (χ4v) is 4.64. The van der Waals surface area contributed by atoms with Crippen molar-refractivity contribution in [2.45, 2.75) is 32.0 Å². The summed E-state index contributed by atoms with van der Waals surface area (Å²) in [4.78, 5) is 17.4. The van der Waals surface area contributed by atoms with Gasteiger partial charge in [-0.3, -0.25) is 9.20 Å². The lowest BCUT2D eigenvalue weighted by molar-refractivity contribution is 0.102. The topological polar surface area (TPSA) is 77.2 Å². The highest BCUT2D eigenvalue weighted by Crippen LogP contribution is 2.26. The number of nitrogens with zero attached hydrogens (tertiary/aromatic N) is 4. The van der Waals surface area contributed by atoms with Crippen LogP contribution in [-0.2, 0) is 4.74 Å². The summed E-state index contributed by atoms with van der Waals surface area (Å²) in [7, 11) is 1.69. The molecule has 3 aromatic heterocycles. The molecular formula is C20H23N5O2S. The van der Waals surface area contributed by atoms with Crippen LogP contribution < -0.4 is 0 Å². The molecule has 28 heavy (non-hydrogen) atoms. The Morgan fingerprint density at radius 2 is 2.11 bits per heavy atom. The molecule has 0 aliphatic rings. The first-order valence-corrected chi connectivity index (χ1v) is 10.1. The smallest absolute Gasteiger partial charge is 0.231 e. The third kappa shape index (κ3) is 3.12. The molecule has 0 amide bonds. The van der Waals surface area contributed by atoms with Gasteiger partial charge in [0.25, 0.3) is 0 Å². The summed E-state index contributed by atoms with van der Waals surface area (Å²) in [5, 5.41) is 8.01.